The molecule has 24 heavy (non-hydrogen) atoms. The molecule has 1 saturated heterocycles. The first kappa shape index (κ1) is 17.2. The fraction of sp³-hybridized carbons (Fsp3) is 0.111. The van der Waals surface area contributed by atoms with E-state index < -0.39 is 0 Å². The molecule has 1 aliphatic rings. The van der Waals surface area contributed by atoms with Crippen molar-refractivity contribution in [3.63, 3.8) is 0 Å². The first-order valence-corrected chi connectivity index (χ1v) is 9.21. The van der Waals surface area contributed by atoms with Crippen molar-refractivity contribution in [1.29, 1.82) is 0 Å². The first-order valence-electron chi connectivity index (χ1n) is 7.19. The van der Waals surface area contributed by atoms with Crippen LogP contribution in [0, 0.1) is 0 Å². The lowest BCUT2D eigenvalue weighted by molar-refractivity contribution is -0.113. The van der Waals surface area contributed by atoms with Crippen LogP contribution in [-0.4, -0.2) is 17.3 Å². The van der Waals surface area contributed by atoms with E-state index in [2.05, 4.69) is 15.9 Å². The Morgan fingerprint density at radius 2 is 1.96 bits per heavy atom. The Morgan fingerprint density at radius 3 is 2.67 bits per heavy atom. The summed E-state index contributed by atoms with van der Waals surface area (Å²) >= 11 is 10.2. The van der Waals surface area contributed by atoms with Gasteiger partial charge in [0, 0.05) is 4.47 Å². The molecule has 1 heterocycles. The number of methoxy groups -OCH3 is 1. The van der Waals surface area contributed by atoms with E-state index in [4.69, 9.17) is 17.0 Å². The second-order valence-corrected chi connectivity index (χ2v) is 7.70. The van der Waals surface area contributed by atoms with Gasteiger partial charge in [-0.25, -0.2) is 0 Å². The summed E-state index contributed by atoms with van der Waals surface area (Å²) in [6.45, 7) is 1.94. The third-order valence-electron chi connectivity index (χ3n) is 3.69. The van der Waals surface area contributed by atoms with Crippen LogP contribution in [-0.2, 0) is 4.79 Å². The number of thioether (sulfide) groups is 1. The molecular formula is C18H14BrNO2S2. The molecule has 3 nitrogen and oxygen atoms in total. The minimum atomic E-state index is -0.119. The number of benzene rings is 2. The Labute approximate surface area is 158 Å². The number of rotatable bonds is 3. The number of carbonyl (C=O) groups is 1. The van der Waals surface area contributed by atoms with Crippen molar-refractivity contribution < 1.29 is 9.53 Å². The van der Waals surface area contributed by atoms with Gasteiger partial charge in [-0.15, -0.1) is 0 Å². The monoisotopic (exact) mass is 419 g/mol. The van der Waals surface area contributed by atoms with E-state index in [0.717, 1.165) is 15.6 Å². The van der Waals surface area contributed by atoms with Gasteiger partial charge in [-0.3, -0.25) is 9.69 Å². The molecule has 6 heteroatoms. The number of para-hydroxylation sites is 2. The average Bonchev–Trinajstić information content (AvgIpc) is 2.88. The Morgan fingerprint density at radius 1 is 1.21 bits per heavy atom. The molecule has 0 aliphatic carbocycles. The smallest absolute Gasteiger partial charge is 0.271 e. The lowest BCUT2D eigenvalue weighted by Crippen LogP contribution is -2.28. The molecule has 0 atom stereocenters. The van der Waals surface area contributed by atoms with Gasteiger partial charge in [0.25, 0.3) is 5.91 Å². The molecular weight excluding hydrogens is 406 g/mol. The van der Waals surface area contributed by atoms with Gasteiger partial charge in [-0.05, 0) is 42.3 Å². The van der Waals surface area contributed by atoms with Crippen molar-refractivity contribution in [3.05, 3.63) is 63.5 Å². The topological polar surface area (TPSA) is 29.5 Å². The van der Waals surface area contributed by atoms with Crippen LogP contribution in [0.1, 0.15) is 12.5 Å². The molecule has 0 saturated carbocycles. The third kappa shape index (κ3) is 3.14. The summed E-state index contributed by atoms with van der Waals surface area (Å²) in [5, 5.41) is 0. The zero-order chi connectivity index (χ0) is 17.3. The van der Waals surface area contributed by atoms with Crippen LogP contribution in [0.25, 0.3) is 5.57 Å². The molecule has 0 aromatic heterocycles. The van der Waals surface area contributed by atoms with E-state index in [1.165, 1.54) is 16.7 Å². The van der Waals surface area contributed by atoms with Crippen LogP contribution in [0.3, 0.4) is 0 Å². The average molecular weight is 420 g/mol. The number of hydrogen-bond acceptors (Lipinski definition) is 4. The normalized spacial score (nSPS) is 16.5. The molecule has 122 valence electrons. The molecule has 2 aromatic rings. The molecule has 3 rings (SSSR count). The molecule has 1 aliphatic heterocycles. The number of hydrogen-bond donors (Lipinski definition) is 0. The largest absolute Gasteiger partial charge is 0.495 e. The number of amides is 1. The van der Waals surface area contributed by atoms with Crippen molar-refractivity contribution >= 4 is 61.4 Å². The molecule has 1 amide bonds. The van der Waals surface area contributed by atoms with Crippen molar-refractivity contribution in [2.24, 2.45) is 0 Å². The number of thiocarbonyl (C=S) groups is 1. The maximum absolute atomic E-state index is 13.0. The fourth-order valence-electron chi connectivity index (χ4n) is 2.47. The Hall–Kier alpha value is -1.63. The lowest BCUT2D eigenvalue weighted by Gasteiger charge is -2.17. The molecule has 0 unspecified atom stereocenters. The number of allylic oxidation sites excluding steroid dienone is 1. The predicted molar refractivity (Wildman–Crippen MR) is 107 cm³/mol. The molecule has 0 spiro atoms. The van der Waals surface area contributed by atoms with E-state index in [9.17, 15) is 4.79 Å². The van der Waals surface area contributed by atoms with E-state index in [1.807, 2.05) is 55.5 Å². The molecule has 1 fully saturated rings. The van der Waals surface area contributed by atoms with Crippen molar-refractivity contribution in [2.75, 3.05) is 12.0 Å². The van der Waals surface area contributed by atoms with Crippen LogP contribution in [0.4, 0.5) is 5.69 Å². The summed E-state index contributed by atoms with van der Waals surface area (Å²) < 4.78 is 6.85. The predicted octanol–water partition coefficient (Wildman–Crippen LogP) is 5.25. The van der Waals surface area contributed by atoms with Gasteiger partial charge in [0.15, 0.2) is 4.32 Å². The third-order valence-corrected chi connectivity index (χ3v) is 5.66. The lowest BCUT2D eigenvalue weighted by atomic mass is 10.1. The highest BCUT2D eigenvalue weighted by Gasteiger charge is 2.36. The van der Waals surface area contributed by atoms with Crippen molar-refractivity contribution in [1.82, 2.24) is 0 Å². The summed E-state index contributed by atoms with van der Waals surface area (Å²) in [4.78, 5) is 15.2. The van der Waals surface area contributed by atoms with Gasteiger partial charge in [-0.2, -0.15) is 0 Å². The molecule has 0 radical (unpaired) electrons. The molecule has 0 bridgehead atoms. The summed E-state index contributed by atoms with van der Waals surface area (Å²) in [5.41, 5.74) is 2.57. The maximum atomic E-state index is 13.0. The SMILES string of the molecule is COc1ccccc1N1C(=O)C(=C(C)c2cccc(Br)c2)SC1=S. The summed E-state index contributed by atoms with van der Waals surface area (Å²) in [6, 6.07) is 15.3. The minimum absolute atomic E-state index is 0.119. The van der Waals surface area contributed by atoms with Crippen molar-refractivity contribution in [2.45, 2.75) is 6.92 Å². The fourth-order valence-corrected chi connectivity index (χ4v) is 4.20. The Balaban J connectivity index is 2.05. The van der Waals surface area contributed by atoms with Gasteiger partial charge in [0.05, 0.1) is 17.7 Å². The highest BCUT2D eigenvalue weighted by molar-refractivity contribution is 9.10. The van der Waals surface area contributed by atoms with Crippen LogP contribution in [0.2, 0.25) is 0 Å². The second-order valence-electron chi connectivity index (χ2n) is 5.14. The number of ether oxygens (including phenoxy) is 1. The second kappa shape index (κ2) is 7.09. The van der Waals surface area contributed by atoms with E-state index in [-0.39, 0.29) is 5.91 Å². The van der Waals surface area contributed by atoms with Gasteiger partial charge in [0.1, 0.15) is 5.75 Å². The quantitative estimate of drug-likeness (QED) is 0.501. The van der Waals surface area contributed by atoms with Gasteiger partial charge in [0.2, 0.25) is 0 Å². The van der Waals surface area contributed by atoms with Crippen LogP contribution in [0.5, 0.6) is 5.75 Å². The molecule has 0 N–H and O–H groups in total. The van der Waals surface area contributed by atoms with E-state index in [0.29, 0.717) is 20.7 Å². The minimum Gasteiger partial charge on any atom is -0.495 e. The van der Waals surface area contributed by atoms with Crippen LogP contribution < -0.4 is 9.64 Å². The van der Waals surface area contributed by atoms with Crippen LogP contribution in [0.15, 0.2) is 57.9 Å². The molecule has 2 aromatic carbocycles. The van der Waals surface area contributed by atoms with Crippen molar-refractivity contribution in [3.8, 4) is 5.75 Å². The summed E-state index contributed by atoms with van der Waals surface area (Å²) in [7, 11) is 1.58. The van der Waals surface area contributed by atoms with E-state index in [1.54, 1.807) is 7.11 Å². The zero-order valence-corrected chi connectivity index (χ0v) is 16.3. The highest BCUT2D eigenvalue weighted by atomic mass is 79.9. The van der Waals surface area contributed by atoms with Crippen LogP contribution >= 0.6 is 39.9 Å². The zero-order valence-electron chi connectivity index (χ0n) is 13.1. The Bertz CT molecular complexity index is 864. The Kier molecular flexibility index (Phi) is 5.08. The van der Waals surface area contributed by atoms with Gasteiger partial charge in [-0.1, -0.05) is 64.2 Å². The van der Waals surface area contributed by atoms with Gasteiger partial charge < -0.3 is 4.74 Å². The number of halogens is 1. The maximum Gasteiger partial charge on any atom is 0.271 e. The number of anilines is 1. The van der Waals surface area contributed by atoms with E-state index >= 15 is 0 Å². The summed E-state index contributed by atoms with van der Waals surface area (Å²) in [5.74, 6) is 0.502. The van der Waals surface area contributed by atoms with Gasteiger partial charge >= 0.3 is 0 Å². The first-order chi connectivity index (χ1) is 11.5. The highest BCUT2D eigenvalue weighted by Crippen LogP contribution is 2.42. The number of nitrogens with zero attached hydrogens (tertiary/aromatic N) is 1. The number of carbonyl (C=O) groups excluding carboxylic acids is 1. The standard InChI is InChI=1S/C18H14BrNO2S2/c1-11(12-6-5-7-13(19)10-12)16-17(21)20(18(23)24-16)14-8-3-4-9-15(14)22-2/h3-10H,1-2H3. The summed E-state index contributed by atoms with van der Waals surface area (Å²) in [6.07, 6.45) is 0.